The van der Waals surface area contributed by atoms with Gasteiger partial charge in [-0.1, -0.05) is 24.3 Å². The SMILES string of the molecule is CSCCCC(CN)N1CCCc2ccccc2C1. The Labute approximate surface area is 121 Å². The third-order valence-corrected chi connectivity index (χ3v) is 4.75. The van der Waals surface area contributed by atoms with Gasteiger partial charge in [0.1, 0.15) is 0 Å². The highest BCUT2D eigenvalue weighted by Gasteiger charge is 2.20. The van der Waals surface area contributed by atoms with Gasteiger partial charge in [-0.25, -0.2) is 0 Å². The van der Waals surface area contributed by atoms with Crippen molar-refractivity contribution in [1.29, 1.82) is 0 Å². The topological polar surface area (TPSA) is 29.3 Å². The van der Waals surface area contributed by atoms with Crippen molar-refractivity contribution in [3.8, 4) is 0 Å². The number of hydrogen-bond donors (Lipinski definition) is 1. The minimum atomic E-state index is 0.554. The Hall–Kier alpha value is -0.510. The zero-order valence-electron chi connectivity index (χ0n) is 12.0. The Kier molecular flexibility index (Phi) is 6.21. The second-order valence-corrected chi connectivity index (χ2v) is 6.35. The van der Waals surface area contributed by atoms with Crippen LogP contribution in [0.25, 0.3) is 0 Å². The molecule has 1 heterocycles. The first-order valence-corrected chi connectivity index (χ1v) is 8.74. The lowest BCUT2D eigenvalue weighted by Crippen LogP contribution is -2.40. The Morgan fingerprint density at radius 1 is 1.32 bits per heavy atom. The molecule has 0 saturated heterocycles. The summed E-state index contributed by atoms with van der Waals surface area (Å²) >= 11 is 1.93. The maximum Gasteiger partial charge on any atom is 0.0239 e. The summed E-state index contributed by atoms with van der Waals surface area (Å²) in [5.74, 6) is 1.25. The molecule has 0 spiro atoms. The highest BCUT2D eigenvalue weighted by Crippen LogP contribution is 2.21. The summed E-state index contributed by atoms with van der Waals surface area (Å²) in [5.41, 5.74) is 9.04. The molecule has 2 nitrogen and oxygen atoms in total. The van der Waals surface area contributed by atoms with Gasteiger partial charge in [-0.15, -0.1) is 0 Å². The van der Waals surface area contributed by atoms with Crippen molar-refractivity contribution in [3.63, 3.8) is 0 Å². The molecular formula is C16H26N2S. The van der Waals surface area contributed by atoms with Crippen LogP contribution in [-0.4, -0.2) is 36.0 Å². The third-order valence-electron chi connectivity index (χ3n) is 4.06. The molecule has 0 aliphatic carbocycles. The van der Waals surface area contributed by atoms with Gasteiger partial charge in [0.25, 0.3) is 0 Å². The predicted octanol–water partition coefficient (Wildman–Crippen LogP) is 2.91. The number of rotatable bonds is 6. The molecule has 1 aromatic rings. The first-order valence-electron chi connectivity index (χ1n) is 7.35. The highest BCUT2D eigenvalue weighted by atomic mass is 32.2. The molecule has 3 heteroatoms. The Bertz CT molecular complexity index is 381. The van der Waals surface area contributed by atoms with Crippen LogP contribution in [0.5, 0.6) is 0 Å². The maximum atomic E-state index is 6.01. The largest absolute Gasteiger partial charge is 0.329 e. The number of hydrogen-bond acceptors (Lipinski definition) is 3. The summed E-state index contributed by atoms with van der Waals surface area (Å²) in [6.07, 6.45) is 7.17. The normalized spacial score (nSPS) is 17.8. The van der Waals surface area contributed by atoms with Gasteiger partial charge in [0.15, 0.2) is 0 Å². The molecule has 19 heavy (non-hydrogen) atoms. The minimum absolute atomic E-state index is 0.554. The molecule has 1 aliphatic rings. The fraction of sp³-hybridized carbons (Fsp3) is 0.625. The van der Waals surface area contributed by atoms with Gasteiger partial charge in [0.05, 0.1) is 0 Å². The molecule has 1 unspecified atom stereocenters. The van der Waals surface area contributed by atoms with Crippen LogP contribution in [0.15, 0.2) is 24.3 Å². The fourth-order valence-corrected chi connectivity index (χ4v) is 3.41. The fourth-order valence-electron chi connectivity index (χ4n) is 2.95. The summed E-state index contributed by atoms with van der Waals surface area (Å²) in [5, 5.41) is 0. The lowest BCUT2D eigenvalue weighted by Gasteiger charge is -2.30. The number of nitrogens with two attached hydrogens (primary N) is 1. The van der Waals surface area contributed by atoms with E-state index in [9.17, 15) is 0 Å². The predicted molar refractivity (Wildman–Crippen MR) is 85.6 cm³/mol. The van der Waals surface area contributed by atoms with E-state index < -0.39 is 0 Å². The zero-order valence-corrected chi connectivity index (χ0v) is 12.8. The summed E-state index contributed by atoms with van der Waals surface area (Å²) in [7, 11) is 0. The van der Waals surface area contributed by atoms with E-state index in [2.05, 4.69) is 35.4 Å². The summed E-state index contributed by atoms with van der Waals surface area (Å²) < 4.78 is 0. The van der Waals surface area contributed by atoms with Crippen LogP contribution in [-0.2, 0) is 13.0 Å². The number of aryl methyl sites for hydroxylation is 1. The van der Waals surface area contributed by atoms with E-state index in [0.717, 1.165) is 13.1 Å². The van der Waals surface area contributed by atoms with E-state index in [1.807, 2.05) is 11.8 Å². The van der Waals surface area contributed by atoms with E-state index in [1.165, 1.54) is 49.1 Å². The van der Waals surface area contributed by atoms with Crippen LogP contribution in [0.3, 0.4) is 0 Å². The van der Waals surface area contributed by atoms with E-state index in [1.54, 1.807) is 0 Å². The Morgan fingerprint density at radius 3 is 2.84 bits per heavy atom. The third kappa shape index (κ3) is 4.23. The average molecular weight is 278 g/mol. The van der Waals surface area contributed by atoms with Crippen molar-refractivity contribution >= 4 is 11.8 Å². The molecule has 0 saturated carbocycles. The molecule has 2 rings (SSSR count). The van der Waals surface area contributed by atoms with E-state index in [0.29, 0.717) is 6.04 Å². The maximum absolute atomic E-state index is 6.01. The zero-order chi connectivity index (χ0) is 13.5. The van der Waals surface area contributed by atoms with E-state index in [-0.39, 0.29) is 0 Å². The van der Waals surface area contributed by atoms with Crippen molar-refractivity contribution in [2.75, 3.05) is 25.1 Å². The second kappa shape index (κ2) is 7.93. The van der Waals surface area contributed by atoms with Crippen molar-refractivity contribution in [2.24, 2.45) is 5.73 Å². The van der Waals surface area contributed by atoms with Crippen LogP contribution < -0.4 is 5.73 Å². The molecular weight excluding hydrogens is 252 g/mol. The molecule has 1 aromatic carbocycles. The van der Waals surface area contributed by atoms with Gasteiger partial charge in [0, 0.05) is 19.1 Å². The molecule has 106 valence electrons. The second-order valence-electron chi connectivity index (χ2n) is 5.37. The van der Waals surface area contributed by atoms with Gasteiger partial charge in [-0.2, -0.15) is 11.8 Å². The monoisotopic (exact) mass is 278 g/mol. The number of nitrogens with zero attached hydrogens (tertiary/aromatic N) is 1. The molecule has 1 aliphatic heterocycles. The van der Waals surface area contributed by atoms with Gasteiger partial charge in [-0.3, -0.25) is 4.90 Å². The van der Waals surface area contributed by atoms with Gasteiger partial charge in [0.2, 0.25) is 0 Å². The lowest BCUT2D eigenvalue weighted by atomic mass is 10.0. The lowest BCUT2D eigenvalue weighted by molar-refractivity contribution is 0.184. The van der Waals surface area contributed by atoms with Crippen LogP contribution in [0, 0.1) is 0 Å². The Balaban J connectivity index is 1.99. The summed E-state index contributed by atoms with van der Waals surface area (Å²) in [6, 6.07) is 9.44. The number of thioether (sulfide) groups is 1. The van der Waals surface area contributed by atoms with Crippen molar-refractivity contribution in [1.82, 2.24) is 4.90 Å². The Morgan fingerprint density at radius 2 is 2.11 bits per heavy atom. The molecule has 0 fully saturated rings. The van der Waals surface area contributed by atoms with Crippen molar-refractivity contribution < 1.29 is 0 Å². The van der Waals surface area contributed by atoms with Crippen molar-refractivity contribution in [3.05, 3.63) is 35.4 Å². The van der Waals surface area contributed by atoms with Gasteiger partial charge < -0.3 is 5.73 Å². The van der Waals surface area contributed by atoms with Crippen LogP contribution in [0.1, 0.15) is 30.4 Å². The molecule has 2 N–H and O–H groups in total. The average Bonchev–Trinajstić information content (AvgIpc) is 2.66. The first kappa shape index (κ1) is 14.9. The summed E-state index contributed by atoms with van der Waals surface area (Å²) in [4.78, 5) is 2.60. The minimum Gasteiger partial charge on any atom is -0.329 e. The van der Waals surface area contributed by atoms with E-state index in [4.69, 9.17) is 5.73 Å². The van der Waals surface area contributed by atoms with E-state index >= 15 is 0 Å². The number of fused-ring (bicyclic) bond motifs is 1. The van der Waals surface area contributed by atoms with Gasteiger partial charge in [-0.05, 0) is 55.4 Å². The van der Waals surface area contributed by atoms with Gasteiger partial charge >= 0.3 is 0 Å². The molecule has 0 bridgehead atoms. The number of benzene rings is 1. The molecule has 0 amide bonds. The molecule has 1 atom stereocenters. The molecule has 0 aromatic heterocycles. The highest BCUT2D eigenvalue weighted by molar-refractivity contribution is 7.98. The van der Waals surface area contributed by atoms with Crippen LogP contribution in [0.2, 0.25) is 0 Å². The first-order chi connectivity index (χ1) is 9.35. The quantitative estimate of drug-likeness (QED) is 0.811. The van der Waals surface area contributed by atoms with Crippen molar-refractivity contribution in [2.45, 2.75) is 38.3 Å². The van der Waals surface area contributed by atoms with Crippen LogP contribution >= 0.6 is 11.8 Å². The standard InChI is InChI=1S/C16H26N2S/c1-19-11-5-9-16(12-17)18-10-4-8-14-6-2-3-7-15(14)13-18/h2-3,6-7,16H,4-5,8-13,17H2,1H3. The summed E-state index contributed by atoms with van der Waals surface area (Å²) in [6.45, 7) is 3.06. The van der Waals surface area contributed by atoms with Crippen LogP contribution in [0.4, 0.5) is 0 Å². The smallest absolute Gasteiger partial charge is 0.0239 e. The molecule has 0 radical (unpaired) electrons.